The summed E-state index contributed by atoms with van der Waals surface area (Å²) in [6.45, 7) is 0. The average molecular weight is 396 g/mol. The van der Waals surface area contributed by atoms with Gasteiger partial charge in [0.15, 0.2) is 11.4 Å². The zero-order chi connectivity index (χ0) is 21.0. The number of amides is 1. The number of hydrogen-bond donors (Lipinski definition) is 3. The van der Waals surface area contributed by atoms with Gasteiger partial charge < -0.3 is 10.5 Å². The van der Waals surface area contributed by atoms with Crippen LogP contribution in [0.1, 0.15) is 22.3 Å². The maximum atomic E-state index is 13.1. The molecule has 30 heavy (non-hydrogen) atoms. The van der Waals surface area contributed by atoms with E-state index in [1.807, 2.05) is 36.4 Å². The lowest BCUT2D eigenvalue weighted by Gasteiger charge is -2.28. The first-order valence-electron chi connectivity index (χ1n) is 9.52. The second-order valence-electron chi connectivity index (χ2n) is 6.88. The molecule has 0 saturated carbocycles. The van der Waals surface area contributed by atoms with Gasteiger partial charge in [0.25, 0.3) is 5.91 Å². The molecule has 0 bridgehead atoms. The Morgan fingerprint density at radius 1 is 0.800 bits per heavy atom. The van der Waals surface area contributed by atoms with Crippen LogP contribution in [0.25, 0.3) is 11.6 Å². The summed E-state index contributed by atoms with van der Waals surface area (Å²) in [7, 11) is 0. The molecular weight excluding hydrogens is 376 g/mol. The summed E-state index contributed by atoms with van der Waals surface area (Å²) in [6.07, 6.45) is 4.69. The highest BCUT2D eigenvalue weighted by Gasteiger charge is 2.39. The van der Waals surface area contributed by atoms with Gasteiger partial charge in [-0.1, -0.05) is 91.0 Å². The first-order valence-corrected chi connectivity index (χ1v) is 9.52. The number of nitrogens with one attached hydrogen (secondary N) is 2. The smallest absolute Gasteiger partial charge is 0.279 e. The van der Waals surface area contributed by atoms with Crippen molar-refractivity contribution in [3.63, 3.8) is 0 Å². The molecule has 5 nitrogen and oxygen atoms in total. The van der Waals surface area contributed by atoms with E-state index in [9.17, 15) is 14.7 Å². The summed E-state index contributed by atoms with van der Waals surface area (Å²) < 4.78 is 0. The fourth-order valence-corrected chi connectivity index (χ4v) is 3.48. The van der Waals surface area contributed by atoms with E-state index in [4.69, 9.17) is 0 Å². The molecule has 0 radical (unpaired) electrons. The molecule has 0 heterocycles. The largest absolute Gasteiger partial charge is 0.372 e. The summed E-state index contributed by atoms with van der Waals surface area (Å²) in [5, 5.41) is 11.4. The Morgan fingerprint density at radius 2 is 1.37 bits per heavy atom. The highest BCUT2D eigenvalue weighted by molar-refractivity contribution is 6.29. The van der Waals surface area contributed by atoms with Crippen LogP contribution in [0.3, 0.4) is 0 Å². The molecule has 4 rings (SSSR count). The summed E-state index contributed by atoms with van der Waals surface area (Å²) in [6, 6.07) is 24.9. The maximum Gasteiger partial charge on any atom is 0.279 e. The number of hydrogen-bond acceptors (Lipinski definition) is 4. The first kappa shape index (κ1) is 19.4. The highest BCUT2D eigenvalue weighted by atomic mass is 16.3. The monoisotopic (exact) mass is 396 g/mol. The van der Waals surface area contributed by atoms with Gasteiger partial charge >= 0.3 is 0 Å². The minimum Gasteiger partial charge on any atom is -0.372 e. The minimum absolute atomic E-state index is 0.170. The Kier molecular flexibility index (Phi) is 5.28. The van der Waals surface area contributed by atoms with E-state index < -0.39 is 11.5 Å². The standard InChI is InChI=1S/C25H20N2O3/c28-23-16-15-18-9-7-8-14-21(18)22(23)17-26-27-24(29)25(30,19-10-3-1-4-11-19)20-12-5-2-6-13-20/h1-17,26,30H,(H,27,29)/b22-17-. The predicted octanol–water partition coefficient (Wildman–Crippen LogP) is 3.18. The zero-order valence-electron chi connectivity index (χ0n) is 16.1. The number of carbonyl (C=O) groups excluding carboxylic acids is 2. The Balaban J connectivity index is 1.61. The van der Waals surface area contributed by atoms with E-state index in [1.165, 1.54) is 12.3 Å². The maximum absolute atomic E-state index is 13.1. The molecule has 1 amide bonds. The lowest BCUT2D eigenvalue weighted by atomic mass is 9.85. The predicted molar refractivity (Wildman–Crippen MR) is 116 cm³/mol. The van der Waals surface area contributed by atoms with Crippen LogP contribution in [0.5, 0.6) is 0 Å². The molecule has 3 aromatic rings. The molecular formula is C25H20N2O3. The highest BCUT2D eigenvalue weighted by Crippen LogP contribution is 2.30. The molecule has 0 unspecified atom stereocenters. The molecule has 3 N–H and O–H groups in total. The molecule has 0 aromatic heterocycles. The van der Waals surface area contributed by atoms with Crippen LogP contribution in [0.4, 0.5) is 0 Å². The van der Waals surface area contributed by atoms with Crippen molar-refractivity contribution in [1.82, 2.24) is 10.9 Å². The molecule has 0 saturated heterocycles. The number of aliphatic hydroxyl groups is 1. The van der Waals surface area contributed by atoms with Crippen molar-refractivity contribution in [1.29, 1.82) is 0 Å². The normalized spacial score (nSPS) is 14.3. The number of carbonyl (C=O) groups is 2. The fourth-order valence-electron chi connectivity index (χ4n) is 3.48. The van der Waals surface area contributed by atoms with Gasteiger partial charge in [-0.3, -0.25) is 15.0 Å². The molecule has 0 atom stereocenters. The fraction of sp³-hybridized carbons (Fsp3) is 0.0400. The molecule has 1 aliphatic carbocycles. The quantitative estimate of drug-likeness (QED) is 0.457. The van der Waals surface area contributed by atoms with E-state index >= 15 is 0 Å². The van der Waals surface area contributed by atoms with E-state index in [0.29, 0.717) is 16.7 Å². The van der Waals surface area contributed by atoms with Crippen molar-refractivity contribution in [2.75, 3.05) is 0 Å². The third-order valence-electron chi connectivity index (χ3n) is 5.04. The Hall–Kier alpha value is -3.96. The number of allylic oxidation sites excluding steroid dienone is 2. The van der Waals surface area contributed by atoms with Crippen LogP contribution in [0.15, 0.2) is 97.2 Å². The number of hydrazine groups is 1. The Morgan fingerprint density at radius 3 is 2.00 bits per heavy atom. The summed E-state index contributed by atoms with van der Waals surface area (Å²) in [5.74, 6) is -0.833. The summed E-state index contributed by atoms with van der Waals surface area (Å²) in [4.78, 5) is 25.4. The van der Waals surface area contributed by atoms with Gasteiger partial charge in [0.1, 0.15) is 0 Å². The van der Waals surface area contributed by atoms with Crippen molar-refractivity contribution in [2.24, 2.45) is 0 Å². The van der Waals surface area contributed by atoms with Gasteiger partial charge in [0.2, 0.25) is 0 Å². The zero-order valence-corrected chi connectivity index (χ0v) is 16.1. The SMILES string of the molecule is O=C1C=Cc2ccccc2/C1=C/NNC(=O)C(O)(c1ccccc1)c1ccccc1. The van der Waals surface area contributed by atoms with E-state index in [1.54, 1.807) is 54.6 Å². The molecule has 3 aromatic carbocycles. The van der Waals surface area contributed by atoms with Crippen molar-refractivity contribution < 1.29 is 14.7 Å². The summed E-state index contributed by atoms with van der Waals surface area (Å²) in [5.41, 5.74) is 6.31. The molecule has 0 aliphatic heterocycles. The number of ketones is 1. The van der Waals surface area contributed by atoms with Crippen molar-refractivity contribution in [3.8, 4) is 0 Å². The van der Waals surface area contributed by atoms with Gasteiger partial charge in [-0.25, -0.2) is 0 Å². The van der Waals surface area contributed by atoms with Gasteiger partial charge in [0.05, 0.1) is 0 Å². The van der Waals surface area contributed by atoms with Gasteiger partial charge in [0, 0.05) is 11.8 Å². The van der Waals surface area contributed by atoms with Crippen molar-refractivity contribution in [3.05, 3.63) is 119 Å². The van der Waals surface area contributed by atoms with Gasteiger partial charge in [-0.05, 0) is 28.3 Å². The lowest BCUT2D eigenvalue weighted by Crippen LogP contribution is -2.49. The molecule has 0 spiro atoms. The lowest BCUT2D eigenvalue weighted by molar-refractivity contribution is -0.137. The van der Waals surface area contributed by atoms with Crippen LogP contribution >= 0.6 is 0 Å². The topological polar surface area (TPSA) is 78.4 Å². The third kappa shape index (κ3) is 3.54. The number of rotatable bonds is 5. The van der Waals surface area contributed by atoms with E-state index in [0.717, 1.165) is 11.1 Å². The van der Waals surface area contributed by atoms with E-state index in [-0.39, 0.29) is 5.78 Å². The van der Waals surface area contributed by atoms with Crippen LogP contribution in [0.2, 0.25) is 0 Å². The molecule has 0 fully saturated rings. The molecule has 1 aliphatic rings. The van der Waals surface area contributed by atoms with Crippen molar-refractivity contribution >= 4 is 23.3 Å². The average Bonchev–Trinajstić information content (AvgIpc) is 2.81. The van der Waals surface area contributed by atoms with Crippen LogP contribution in [-0.4, -0.2) is 16.8 Å². The van der Waals surface area contributed by atoms with Gasteiger partial charge in [-0.15, -0.1) is 0 Å². The van der Waals surface area contributed by atoms with Crippen LogP contribution in [-0.2, 0) is 15.2 Å². The number of benzene rings is 3. The number of fused-ring (bicyclic) bond motifs is 1. The van der Waals surface area contributed by atoms with Gasteiger partial charge in [-0.2, -0.15) is 0 Å². The Bertz CT molecular complexity index is 1100. The summed E-state index contributed by atoms with van der Waals surface area (Å²) >= 11 is 0. The third-order valence-corrected chi connectivity index (χ3v) is 5.04. The molecule has 5 heteroatoms. The molecule has 148 valence electrons. The second kappa shape index (κ2) is 8.19. The van der Waals surface area contributed by atoms with E-state index in [2.05, 4.69) is 10.9 Å². The van der Waals surface area contributed by atoms with Crippen molar-refractivity contribution in [2.45, 2.75) is 5.60 Å². The second-order valence-corrected chi connectivity index (χ2v) is 6.88. The first-order chi connectivity index (χ1) is 14.6. The van der Waals surface area contributed by atoms with Crippen LogP contribution in [0, 0.1) is 0 Å². The Labute approximate surface area is 174 Å². The van der Waals surface area contributed by atoms with Crippen LogP contribution < -0.4 is 10.9 Å². The minimum atomic E-state index is -1.90.